The van der Waals surface area contributed by atoms with Crippen molar-refractivity contribution in [2.24, 2.45) is 0 Å². The van der Waals surface area contributed by atoms with Crippen LogP contribution in [0.15, 0.2) is 30.5 Å². The van der Waals surface area contributed by atoms with Crippen LogP contribution in [0.1, 0.15) is 44.1 Å². The number of ether oxygens (including phenoxy) is 2. The zero-order chi connectivity index (χ0) is 19.2. The molecule has 5 nitrogen and oxygen atoms in total. The average Bonchev–Trinajstić information content (AvgIpc) is 3.37. The van der Waals surface area contributed by atoms with E-state index in [1.807, 2.05) is 6.92 Å². The van der Waals surface area contributed by atoms with Gasteiger partial charge in [0, 0.05) is 36.3 Å². The number of hydrogen-bond acceptors (Lipinski definition) is 4. The van der Waals surface area contributed by atoms with Gasteiger partial charge in [0.25, 0.3) is 0 Å². The summed E-state index contributed by atoms with van der Waals surface area (Å²) >= 11 is 0. The van der Waals surface area contributed by atoms with E-state index in [1.54, 1.807) is 0 Å². The minimum Gasteiger partial charge on any atom is -0.379 e. The summed E-state index contributed by atoms with van der Waals surface area (Å²) in [5.74, 6) is 0.695. The van der Waals surface area contributed by atoms with Gasteiger partial charge in [0.2, 0.25) is 0 Å². The summed E-state index contributed by atoms with van der Waals surface area (Å²) in [5.41, 5.74) is 2.78. The van der Waals surface area contributed by atoms with Crippen molar-refractivity contribution in [1.29, 1.82) is 0 Å². The molecule has 0 amide bonds. The second kappa shape index (κ2) is 9.88. The Balaban J connectivity index is 1.16. The Hall–Kier alpha value is -1.40. The van der Waals surface area contributed by atoms with Gasteiger partial charge in [-0.25, -0.2) is 0 Å². The maximum atomic E-state index is 5.91. The van der Waals surface area contributed by atoms with Crippen molar-refractivity contribution in [2.45, 2.75) is 50.7 Å². The Bertz CT molecular complexity index is 723. The maximum Gasteiger partial charge on any atom is 0.0715 e. The summed E-state index contributed by atoms with van der Waals surface area (Å²) in [5, 5.41) is 5.05. The number of rotatable bonds is 9. The van der Waals surface area contributed by atoms with Gasteiger partial charge < -0.3 is 24.7 Å². The molecule has 2 unspecified atom stereocenters. The number of nitrogens with zero attached hydrogens (tertiary/aromatic N) is 1. The van der Waals surface area contributed by atoms with E-state index >= 15 is 0 Å². The first-order valence-electron chi connectivity index (χ1n) is 11.0. The molecule has 2 aliphatic rings. The highest BCUT2D eigenvalue weighted by Crippen LogP contribution is 2.33. The number of para-hydroxylation sites is 1. The van der Waals surface area contributed by atoms with E-state index in [4.69, 9.17) is 9.47 Å². The first kappa shape index (κ1) is 19.9. The SMILES string of the molecule is CCOCCOC1CNC(CCN2CCC(c3c[nH]c4ccccc34)CC2)C1. The smallest absolute Gasteiger partial charge is 0.0715 e. The Morgan fingerprint density at radius 1 is 1.14 bits per heavy atom. The molecule has 2 aliphatic heterocycles. The Morgan fingerprint density at radius 3 is 2.86 bits per heavy atom. The molecular formula is C23H35N3O2. The number of H-pyrrole nitrogens is 1. The highest BCUT2D eigenvalue weighted by atomic mass is 16.5. The minimum atomic E-state index is 0.359. The normalized spacial score (nSPS) is 24.3. The van der Waals surface area contributed by atoms with E-state index in [0.717, 1.165) is 19.6 Å². The van der Waals surface area contributed by atoms with Crippen molar-refractivity contribution in [3.05, 3.63) is 36.0 Å². The number of hydrogen-bond donors (Lipinski definition) is 2. The number of fused-ring (bicyclic) bond motifs is 1. The van der Waals surface area contributed by atoms with Gasteiger partial charge in [0.1, 0.15) is 0 Å². The van der Waals surface area contributed by atoms with Crippen molar-refractivity contribution in [3.8, 4) is 0 Å². The van der Waals surface area contributed by atoms with Gasteiger partial charge in [-0.3, -0.25) is 0 Å². The molecule has 0 aliphatic carbocycles. The summed E-state index contributed by atoms with van der Waals surface area (Å²) in [6.45, 7) is 8.83. The Morgan fingerprint density at radius 2 is 2.00 bits per heavy atom. The number of benzene rings is 1. The topological polar surface area (TPSA) is 49.5 Å². The van der Waals surface area contributed by atoms with Crippen LogP contribution < -0.4 is 5.32 Å². The zero-order valence-corrected chi connectivity index (χ0v) is 17.2. The van der Waals surface area contributed by atoms with Crippen LogP contribution in [0.25, 0.3) is 10.9 Å². The van der Waals surface area contributed by atoms with E-state index in [0.29, 0.717) is 31.3 Å². The van der Waals surface area contributed by atoms with Crippen LogP contribution in [0.4, 0.5) is 0 Å². The molecule has 1 aromatic heterocycles. The monoisotopic (exact) mass is 385 g/mol. The molecule has 0 radical (unpaired) electrons. The summed E-state index contributed by atoms with van der Waals surface area (Å²) in [7, 11) is 0. The first-order chi connectivity index (χ1) is 13.8. The van der Waals surface area contributed by atoms with E-state index in [-0.39, 0.29) is 0 Å². The molecule has 4 rings (SSSR count). The molecule has 2 saturated heterocycles. The third kappa shape index (κ3) is 4.95. The molecule has 28 heavy (non-hydrogen) atoms. The van der Waals surface area contributed by atoms with E-state index in [2.05, 4.69) is 45.7 Å². The molecule has 5 heteroatoms. The van der Waals surface area contributed by atoms with Gasteiger partial charge in [-0.1, -0.05) is 18.2 Å². The van der Waals surface area contributed by atoms with Crippen molar-refractivity contribution >= 4 is 10.9 Å². The molecule has 2 atom stereocenters. The fourth-order valence-corrected chi connectivity index (χ4v) is 4.78. The fourth-order valence-electron chi connectivity index (χ4n) is 4.78. The first-order valence-corrected chi connectivity index (χ1v) is 11.0. The third-order valence-corrected chi connectivity index (χ3v) is 6.41. The molecule has 1 aromatic carbocycles. The number of likely N-dealkylation sites (tertiary alicyclic amines) is 1. The second-order valence-corrected chi connectivity index (χ2v) is 8.22. The molecule has 2 N–H and O–H groups in total. The van der Waals surface area contributed by atoms with Crippen LogP contribution in [0.3, 0.4) is 0 Å². The summed E-state index contributed by atoms with van der Waals surface area (Å²) < 4.78 is 11.3. The predicted molar refractivity (Wildman–Crippen MR) is 114 cm³/mol. The van der Waals surface area contributed by atoms with E-state index in [1.165, 1.54) is 55.4 Å². The van der Waals surface area contributed by atoms with E-state index in [9.17, 15) is 0 Å². The fraction of sp³-hybridized carbons (Fsp3) is 0.652. The second-order valence-electron chi connectivity index (χ2n) is 8.22. The van der Waals surface area contributed by atoms with Crippen LogP contribution in [-0.2, 0) is 9.47 Å². The molecule has 0 spiro atoms. The van der Waals surface area contributed by atoms with Crippen molar-refractivity contribution in [2.75, 3.05) is 46.0 Å². The van der Waals surface area contributed by atoms with Crippen LogP contribution >= 0.6 is 0 Å². The maximum absolute atomic E-state index is 5.91. The lowest BCUT2D eigenvalue weighted by atomic mass is 9.89. The van der Waals surface area contributed by atoms with Gasteiger partial charge in [0.15, 0.2) is 0 Å². The number of aromatic nitrogens is 1. The van der Waals surface area contributed by atoms with Gasteiger partial charge in [0.05, 0.1) is 19.3 Å². The van der Waals surface area contributed by atoms with Gasteiger partial charge in [-0.2, -0.15) is 0 Å². The lowest BCUT2D eigenvalue weighted by Gasteiger charge is -2.32. The van der Waals surface area contributed by atoms with Crippen molar-refractivity contribution in [3.63, 3.8) is 0 Å². The summed E-state index contributed by atoms with van der Waals surface area (Å²) in [4.78, 5) is 6.09. The summed E-state index contributed by atoms with van der Waals surface area (Å²) in [6.07, 6.45) is 7.49. The van der Waals surface area contributed by atoms with Gasteiger partial charge >= 0.3 is 0 Å². The Labute approximate surface area is 168 Å². The lowest BCUT2D eigenvalue weighted by molar-refractivity contribution is 0.0151. The summed E-state index contributed by atoms with van der Waals surface area (Å²) in [6, 6.07) is 9.29. The van der Waals surface area contributed by atoms with Crippen molar-refractivity contribution < 1.29 is 9.47 Å². The highest BCUT2D eigenvalue weighted by Gasteiger charge is 2.26. The van der Waals surface area contributed by atoms with E-state index < -0.39 is 0 Å². The van der Waals surface area contributed by atoms with Crippen LogP contribution in [-0.4, -0.2) is 68.0 Å². The number of aromatic amines is 1. The number of nitrogens with one attached hydrogen (secondary N) is 2. The third-order valence-electron chi connectivity index (χ3n) is 6.41. The Kier molecular flexibility index (Phi) is 7.02. The van der Waals surface area contributed by atoms with Gasteiger partial charge in [-0.15, -0.1) is 0 Å². The lowest BCUT2D eigenvalue weighted by Crippen LogP contribution is -2.36. The molecule has 3 heterocycles. The largest absolute Gasteiger partial charge is 0.379 e. The molecular weight excluding hydrogens is 350 g/mol. The van der Waals surface area contributed by atoms with Crippen LogP contribution in [0, 0.1) is 0 Å². The molecule has 0 bridgehead atoms. The standard InChI is InChI=1S/C23H35N3O2/c1-2-27-13-14-28-20-15-19(24-16-20)9-12-26-10-7-18(8-11-26)22-17-25-23-6-4-3-5-21(22)23/h3-6,17-20,24-25H,2,7-16H2,1H3. The number of piperidine rings is 1. The molecule has 2 fully saturated rings. The zero-order valence-electron chi connectivity index (χ0n) is 17.2. The minimum absolute atomic E-state index is 0.359. The molecule has 154 valence electrons. The molecule has 0 saturated carbocycles. The van der Waals surface area contributed by atoms with Crippen LogP contribution in [0.5, 0.6) is 0 Å². The average molecular weight is 386 g/mol. The van der Waals surface area contributed by atoms with Gasteiger partial charge in [-0.05, 0) is 69.8 Å². The predicted octanol–water partition coefficient (Wildman–Crippen LogP) is 3.52. The molecule has 2 aromatic rings. The van der Waals surface area contributed by atoms with Crippen molar-refractivity contribution in [1.82, 2.24) is 15.2 Å². The van der Waals surface area contributed by atoms with Crippen LogP contribution in [0.2, 0.25) is 0 Å². The highest BCUT2D eigenvalue weighted by molar-refractivity contribution is 5.83. The quantitative estimate of drug-likeness (QED) is 0.649.